The van der Waals surface area contributed by atoms with Crippen LogP contribution < -0.4 is 15.2 Å². The largest absolute Gasteiger partial charge is 0.481 e. The molecule has 7 heteroatoms. The smallest absolute Gasteiger partial charge is 0.361 e. The number of hydrogen-bond acceptors (Lipinski definition) is 6. The van der Waals surface area contributed by atoms with Crippen LogP contribution in [0.15, 0.2) is 35.1 Å². The summed E-state index contributed by atoms with van der Waals surface area (Å²) in [5.74, 6) is -0.605. The van der Waals surface area contributed by atoms with Crippen molar-refractivity contribution in [2.24, 2.45) is 0 Å². The Hall–Kier alpha value is -2.83. The number of esters is 1. The van der Waals surface area contributed by atoms with Gasteiger partial charge in [0.15, 0.2) is 5.69 Å². The van der Waals surface area contributed by atoms with E-state index in [2.05, 4.69) is 9.97 Å². The van der Waals surface area contributed by atoms with Gasteiger partial charge in [0.05, 0.1) is 0 Å². The molecule has 0 unspecified atom stereocenters. The number of aromatic amines is 1. The molecule has 1 heterocycles. The van der Waals surface area contributed by atoms with E-state index in [4.69, 9.17) is 9.47 Å². The van der Waals surface area contributed by atoms with Gasteiger partial charge in [-0.05, 0) is 26.3 Å². The minimum Gasteiger partial charge on any atom is -0.481 e. The standard InChI is InChI=1S/C18H23N3O4/c1-18(2,3)25-16(23)13-14(15(22)20-17(19-13)21(4)5)24-11-12-9-7-6-8-10-12/h6-10H,11H2,1-5H3,(H,19,20,22). The molecule has 0 saturated heterocycles. The van der Waals surface area contributed by atoms with Gasteiger partial charge in [0.25, 0.3) is 5.56 Å². The monoisotopic (exact) mass is 345 g/mol. The molecule has 1 N–H and O–H groups in total. The van der Waals surface area contributed by atoms with E-state index in [1.807, 2.05) is 30.3 Å². The maximum absolute atomic E-state index is 12.5. The Morgan fingerprint density at radius 2 is 1.84 bits per heavy atom. The Morgan fingerprint density at radius 3 is 2.40 bits per heavy atom. The first-order valence-electron chi connectivity index (χ1n) is 7.89. The van der Waals surface area contributed by atoms with Crippen molar-refractivity contribution in [2.45, 2.75) is 33.0 Å². The second-order valence-corrected chi connectivity index (χ2v) is 6.74. The summed E-state index contributed by atoms with van der Waals surface area (Å²) in [5.41, 5.74) is -0.515. The first-order valence-corrected chi connectivity index (χ1v) is 7.89. The van der Waals surface area contributed by atoms with Crippen LogP contribution in [0.3, 0.4) is 0 Å². The van der Waals surface area contributed by atoms with Gasteiger partial charge in [0.2, 0.25) is 11.7 Å². The van der Waals surface area contributed by atoms with Crippen molar-refractivity contribution in [2.75, 3.05) is 19.0 Å². The van der Waals surface area contributed by atoms with E-state index in [1.54, 1.807) is 39.8 Å². The Labute approximate surface area is 146 Å². The van der Waals surface area contributed by atoms with Crippen LogP contribution in [0.25, 0.3) is 0 Å². The minimum absolute atomic E-state index is 0.140. The molecule has 0 aliphatic heterocycles. The average molecular weight is 345 g/mol. The number of nitrogens with one attached hydrogen (secondary N) is 1. The predicted octanol–water partition coefficient (Wildman–Crippen LogP) is 2.37. The quantitative estimate of drug-likeness (QED) is 0.838. The summed E-state index contributed by atoms with van der Waals surface area (Å²) in [4.78, 5) is 33.3. The molecule has 0 atom stereocenters. The molecular weight excluding hydrogens is 322 g/mol. The fourth-order valence-corrected chi connectivity index (χ4v) is 1.99. The van der Waals surface area contributed by atoms with Crippen LogP contribution in [0, 0.1) is 0 Å². The van der Waals surface area contributed by atoms with Crippen LogP contribution in [0.2, 0.25) is 0 Å². The molecular formula is C18H23N3O4. The van der Waals surface area contributed by atoms with Gasteiger partial charge < -0.3 is 14.4 Å². The summed E-state index contributed by atoms with van der Waals surface area (Å²) in [6, 6.07) is 9.35. The number of nitrogens with zero attached hydrogens (tertiary/aromatic N) is 2. The molecule has 0 radical (unpaired) electrons. The molecule has 0 amide bonds. The number of anilines is 1. The van der Waals surface area contributed by atoms with Crippen LogP contribution in [0.4, 0.5) is 5.95 Å². The molecule has 25 heavy (non-hydrogen) atoms. The normalized spacial score (nSPS) is 11.1. The summed E-state index contributed by atoms with van der Waals surface area (Å²) in [6.45, 7) is 5.38. The van der Waals surface area contributed by atoms with Crippen molar-refractivity contribution in [1.82, 2.24) is 9.97 Å². The average Bonchev–Trinajstić information content (AvgIpc) is 2.52. The highest BCUT2D eigenvalue weighted by Crippen LogP contribution is 2.19. The van der Waals surface area contributed by atoms with E-state index in [1.165, 1.54) is 0 Å². The zero-order valence-electron chi connectivity index (χ0n) is 15.1. The van der Waals surface area contributed by atoms with Gasteiger partial charge in [-0.15, -0.1) is 0 Å². The van der Waals surface area contributed by atoms with Crippen LogP contribution in [0.1, 0.15) is 36.8 Å². The highest BCUT2D eigenvalue weighted by molar-refractivity contribution is 5.90. The Bertz CT molecular complexity index is 792. The maximum Gasteiger partial charge on any atom is 0.361 e. The summed E-state index contributed by atoms with van der Waals surface area (Å²) >= 11 is 0. The second kappa shape index (κ2) is 7.38. The maximum atomic E-state index is 12.5. The number of benzene rings is 1. The number of H-pyrrole nitrogens is 1. The van der Waals surface area contributed by atoms with E-state index in [9.17, 15) is 9.59 Å². The first kappa shape index (κ1) is 18.5. The highest BCUT2D eigenvalue weighted by atomic mass is 16.6. The zero-order valence-corrected chi connectivity index (χ0v) is 15.1. The van der Waals surface area contributed by atoms with Crippen molar-refractivity contribution in [3.05, 3.63) is 51.9 Å². The Morgan fingerprint density at radius 1 is 1.20 bits per heavy atom. The zero-order chi connectivity index (χ0) is 18.6. The molecule has 0 aliphatic carbocycles. The van der Waals surface area contributed by atoms with Crippen LogP contribution in [-0.4, -0.2) is 35.6 Å². The third-order valence-electron chi connectivity index (χ3n) is 3.11. The van der Waals surface area contributed by atoms with Gasteiger partial charge in [-0.25, -0.2) is 9.78 Å². The van der Waals surface area contributed by atoms with Gasteiger partial charge in [0, 0.05) is 14.1 Å². The number of hydrogen-bond donors (Lipinski definition) is 1. The topological polar surface area (TPSA) is 84.5 Å². The predicted molar refractivity (Wildman–Crippen MR) is 95.1 cm³/mol. The van der Waals surface area contributed by atoms with Crippen LogP contribution >= 0.6 is 0 Å². The third-order valence-corrected chi connectivity index (χ3v) is 3.11. The number of carbonyl (C=O) groups excluding carboxylic acids is 1. The van der Waals surface area contributed by atoms with Crippen molar-refractivity contribution < 1.29 is 14.3 Å². The van der Waals surface area contributed by atoms with Crippen molar-refractivity contribution in [3.8, 4) is 5.75 Å². The second-order valence-electron chi connectivity index (χ2n) is 6.74. The Balaban J connectivity index is 2.39. The summed E-state index contributed by atoms with van der Waals surface area (Å²) in [7, 11) is 3.42. The molecule has 7 nitrogen and oxygen atoms in total. The first-order chi connectivity index (χ1) is 11.7. The van der Waals surface area contributed by atoms with E-state index in [0.29, 0.717) is 0 Å². The number of carbonyl (C=O) groups is 1. The lowest BCUT2D eigenvalue weighted by molar-refractivity contribution is 0.00578. The molecule has 0 bridgehead atoms. The number of rotatable bonds is 5. The SMILES string of the molecule is CN(C)c1nc(C(=O)OC(C)(C)C)c(OCc2ccccc2)c(=O)[nH]1. The van der Waals surface area contributed by atoms with Crippen LogP contribution in [-0.2, 0) is 11.3 Å². The van der Waals surface area contributed by atoms with E-state index >= 15 is 0 Å². The van der Waals surface area contributed by atoms with E-state index in [0.717, 1.165) is 5.56 Å². The molecule has 2 rings (SSSR count). The summed E-state index contributed by atoms with van der Waals surface area (Å²) < 4.78 is 11.0. The van der Waals surface area contributed by atoms with Crippen molar-refractivity contribution in [3.63, 3.8) is 0 Å². The van der Waals surface area contributed by atoms with Crippen molar-refractivity contribution >= 4 is 11.9 Å². The van der Waals surface area contributed by atoms with E-state index < -0.39 is 17.1 Å². The van der Waals surface area contributed by atoms with Crippen molar-refractivity contribution in [1.29, 1.82) is 0 Å². The summed E-state index contributed by atoms with van der Waals surface area (Å²) in [6.07, 6.45) is 0. The molecule has 1 aromatic heterocycles. The molecule has 134 valence electrons. The van der Waals surface area contributed by atoms with Gasteiger partial charge in [-0.2, -0.15) is 0 Å². The lowest BCUT2D eigenvalue weighted by Crippen LogP contribution is -2.28. The highest BCUT2D eigenvalue weighted by Gasteiger charge is 2.26. The van der Waals surface area contributed by atoms with Gasteiger partial charge >= 0.3 is 5.97 Å². The molecule has 2 aromatic rings. The third kappa shape index (κ3) is 5.07. The van der Waals surface area contributed by atoms with Gasteiger partial charge in [0.1, 0.15) is 12.2 Å². The van der Waals surface area contributed by atoms with Crippen LogP contribution in [0.5, 0.6) is 5.75 Å². The molecule has 0 aliphatic rings. The molecule has 1 aromatic carbocycles. The van der Waals surface area contributed by atoms with Gasteiger partial charge in [-0.3, -0.25) is 9.78 Å². The molecule has 0 saturated carbocycles. The molecule has 0 spiro atoms. The fourth-order valence-electron chi connectivity index (χ4n) is 1.99. The lowest BCUT2D eigenvalue weighted by atomic mass is 10.2. The lowest BCUT2D eigenvalue weighted by Gasteiger charge is -2.20. The fraction of sp³-hybridized carbons (Fsp3) is 0.389. The van der Waals surface area contributed by atoms with Gasteiger partial charge in [-0.1, -0.05) is 30.3 Å². The molecule has 0 fully saturated rings. The van der Waals surface area contributed by atoms with E-state index in [-0.39, 0.29) is 24.0 Å². The number of aromatic nitrogens is 2. The minimum atomic E-state index is -0.712. The summed E-state index contributed by atoms with van der Waals surface area (Å²) in [5, 5.41) is 0. The Kier molecular flexibility index (Phi) is 5.46. The number of ether oxygens (including phenoxy) is 2.